The third-order valence-corrected chi connectivity index (χ3v) is 2.86. The number of aryl methyl sites for hydroxylation is 1. The first-order chi connectivity index (χ1) is 9.02. The van der Waals surface area contributed by atoms with Crippen molar-refractivity contribution in [1.82, 2.24) is 14.7 Å². The Bertz CT molecular complexity index is 629. The van der Waals surface area contributed by atoms with Gasteiger partial charge in [-0.2, -0.15) is 5.10 Å². The van der Waals surface area contributed by atoms with E-state index in [1.54, 1.807) is 43.2 Å². The molecule has 1 heterocycles. The van der Waals surface area contributed by atoms with Gasteiger partial charge in [0.25, 0.3) is 5.91 Å². The molecule has 0 aliphatic rings. The third-order valence-electron chi connectivity index (χ3n) is 2.86. The first-order valence-electron chi connectivity index (χ1n) is 5.86. The van der Waals surface area contributed by atoms with E-state index < -0.39 is 0 Å². The highest BCUT2D eigenvalue weighted by atomic mass is 16.2. The van der Waals surface area contributed by atoms with Gasteiger partial charge in [-0.15, -0.1) is 0 Å². The quantitative estimate of drug-likeness (QED) is 0.786. The number of rotatable bonds is 3. The second-order valence-corrected chi connectivity index (χ2v) is 4.50. The van der Waals surface area contributed by atoms with E-state index >= 15 is 0 Å². The largest absolute Gasteiger partial charge is 0.343 e. The van der Waals surface area contributed by atoms with Crippen molar-refractivity contribution >= 4 is 12.2 Å². The van der Waals surface area contributed by atoms with E-state index in [9.17, 15) is 9.59 Å². The van der Waals surface area contributed by atoms with E-state index in [1.807, 2.05) is 13.0 Å². The van der Waals surface area contributed by atoms with Gasteiger partial charge in [0.1, 0.15) is 6.29 Å². The molecule has 98 valence electrons. The van der Waals surface area contributed by atoms with E-state index in [1.165, 1.54) is 4.90 Å². The Labute approximate surface area is 111 Å². The molecule has 1 aromatic carbocycles. The molecule has 19 heavy (non-hydrogen) atoms. The molecule has 0 aliphatic carbocycles. The van der Waals surface area contributed by atoms with Crippen molar-refractivity contribution in [2.24, 2.45) is 0 Å². The number of hydrogen-bond acceptors (Lipinski definition) is 3. The lowest BCUT2D eigenvalue weighted by Gasteiger charge is -2.07. The first kappa shape index (κ1) is 13.0. The molecule has 0 unspecified atom stereocenters. The van der Waals surface area contributed by atoms with Crippen molar-refractivity contribution < 1.29 is 9.59 Å². The maximum atomic E-state index is 11.8. The minimum atomic E-state index is -0.139. The van der Waals surface area contributed by atoms with Gasteiger partial charge in [0.2, 0.25) is 0 Å². The average molecular weight is 257 g/mol. The van der Waals surface area contributed by atoms with Crippen LogP contribution >= 0.6 is 0 Å². The molecular weight excluding hydrogens is 242 g/mol. The molecule has 0 radical (unpaired) electrons. The molecule has 5 nitrogen and oxygen atoms in total. The summed E-state index contributed by atoms with van der Waals surface area (Å²) in [6, 6.07) is 7.08. The summed E-state index contributed by atoms with van der Waals surface area (Å²) in [4.78, 5) is 24.0. The zero-order chi connectivity index (χ0) is 14.0. The Morgan fingerprint density at radius 3 is 2.63 bits per heavy atom. The zero-order valence-electron chi connectivity index (χ0n) is 11.1. The number of aromatic nitrogens is 2. The number of amides is 1. The highest BCUT2D eigenvalue weighted by Gasteiger charge is 2.12. The lowest BCUT2D eigenvalue weighted by atomic mass is 10.1. The van der Waals surface area contributed by atoms with Crippen LogP contribution in [0.5, 0.6) is 0 Å². The van der Waals surface area contributed by atoms with E-state index in [-0.39, 0.29) is 5.91 Å². The van der Waals surface area contributed by atoms with Crippen LogP contribution in [0.2, 0.25) is 0 Å². The summed E-state index contributed by atoms with van der Waals surface area (Å²) >= 11 is 0. The normalized spacial score (nSPS) is 10.3. The van der Waals surface area contributed by atoms with E-state index in [4.69, 9.17) is 0 Å². The zero-order valence-corrected chi connectivity index (χ0v) is 11.1. The Hall–Kier alpha value is -2.43. The van der Waals surface area contributed by atoms with Gasteiger partial charge in [-0.1, -0.05) is 0 Å². The van der Waals surface area contributed by atoms with E-state index in [2.05, 4.69) is 5.10 Å². The summed E-state index contributed by atoms with van der Waals surface area (Å²) in [5.41, 5.74) is 2.74. The third kappa shape index (κ3) is 2.54. The Morgan fingerprint density at radius 1 is 1.32 bits per heavy atom. The fourth-order valence-corrected chi connectivity index (χ4v) is 1.75. The first-order valence-corrected chi connectivity index (χ1v) is 5.86. The van der Waals surface area contributed by atoms with Gasteiger partial charge in [-0.3, -0.25) is 9.59 Å². The molecule has 0 bridgehead atoms. The van der Waals surface area contributed by atoms with Crippen LogP contribution in [0.15, 0.2) is 30.5 Å². The van der Waals surface area contributed by atoms with Crippen LogP contribution in [-0.4, -0.2) is 41.0 Å². The monoisotopic (exact) mass is 257 g/mol. The maximum Gasteiger partial charge on any atom is 0.273 e. The summed E-state index contributed by atoms with van der Waals surface area (Å²) in [7, 11) is 3.37. The lowest BCUT2D eigenvalue weighted by molar-refractivity contribution is 0.0821. The smallest absolute Gasteiger partial charge is 0.273 e. The fraction of sp³-hybridized carbons (Fsp3) is 0.214. The lowest BCUT2D eigenvalue weighted by Crippen LogP contribution is -2.22. The van der Waals surface area contributed by atoms with Crippen molar-refractivity contribution in [3.8, 4) is 5.69 Å². The molecule has 0 N–H and O–H groups in total. The molecule has 2 aromatic rings. The van der Waals surface area contributed by atoms with Gasteiger partial charge < -0.3 is 4.90 Å². The molecule has 0 saturated heterocycles. The molecule has 0 saturated carbocycles. The minimum Gasteiger partial charge on any atom is -0.343 e. The van der Waals surface area contributed by atoms with Crippen molar-refractivity contribution in [1.29, 1.82) is 0 Å². The summed E-state index contributed by atoms with van der Waals surface area (Å²) in [5.74, 6) is -0.139. The van der Waals surface area contributed by atoms with Crippen molar-refractivity contribution in [3.63, 3.8) is 0 Å². The molecule has 0 atom stereocenters. The molecule has 5 heteroatoms. The Kier molecular flexibility index (Phi) is 3.46. The average Bonchev–Trinajstić information content (AvgIpc) is 2.87. The van der Waals surface area contributed by atoms with Crippen LogP contribution in [0.3, 0.4) is 0 Å². The van der Waals surface area contributed by atoms with Gasteiger partial charge >= 0.3 is 0 Å². The van der Waals surface area contributed by atoms with Crippen LogP contribution in [-0.2, 0) is 0 Å². The molecule has 1 amide bonds. The number of aldehydes is 1. The van der Waals surface area contributed by atoms with Crippen molar-refractivity contribution in [2.45, 2.75) is 6.92 Å². The summed E-state index contributed by atoms with van der Waals surface area (Å²) in [6.07, 6.45) is 2.55. The van der Waals surface area contributed by atoms with Crippen LogP contribution in [0.1, 0.15) is 26.4 Å². The molecule has 1 aromatic heterocycles. The van der Waals surface area contributed by atoms with E-state index in [0.717, 1.165) is 17.5 Å². The number of carbonyl (C=O) groups is 2. The maximum absolute atomic E-state index is 11.8. The van der Waals surface area contributed by atoms with Crippen molar-refractivity contribution in [2.75, 3.05) is 14.1 Å². The highest BCUT2D eigenvalue weighted by molar-refractivity contribution is 5.91. The van der Waals surface area contributed by atoms with Gasteiger partial charge in [-0.05, 0) is 36.8 Å². The number of nitrogens with zero attached hydrogens (tertiary/aromatic N) is 3. The van der Waals surface area contributed by atoms with Crippen LogP contribution in [0.25, 0.3) is 5.69 Å². The SMILES string of the molecule is Cc1cc(-n2ccc(C(=O)N(C)C)n2)ccc1C=O. The van der Waals surface area contributed by atoms with Gasteiger partial charge in [0, 0.05) is 25.9 Å². The second-order valence-electron chi connectivity index (χ2n) is 4.50. The van der Waals surface area contributed by atoms with Gasteiger partial charge in [0.15, 0.2) is 5.69 Å². The molecule has 0 fully saturated rings. The van der Waals surface area contributed by atoms with Gasteiger partial charge in [0.05, 0.1) is 5.69 Å². The predicted molar refractivity (Wildman–Crippen MR) is 71.7 cm³/mol. The Balaban J connectivity index is 2.35. The van der Waals surface area contributed by atoms with Crippen molar-refractivity contribution in [3.05, 3.63) is 47.3 Å². The standard InChI is InChI=1S/C14H15N3O2/c1-10-8-12(5-4-11(10)9-18)17-7-6-13(15-17)14(19)16(2)3/h4-9H,1-3H3. The minimum absolute atomic E-state index is 0.139. The predicted octanol–water partition coefficient (Wildman–Crippen LogP) is 1.70. The summed E-state index contributed by atoms with van der Waals surface area (Å²) in [6.45, 7) is 1.86. The Morgan fingerprint density at radius 2 is 2.05 bits per heavy atom. The molecule has 0 aliphatic heterocycles. The molecule has 2 rings (SSSR count). The fourth-order valence-electron chi connectivity index (χ4n) is 1.75. The molecule has 0 spiro atoms. The number of hydrogen-bond donors (Lipinski definition) is 0. The number of benzene rings is 1. The van der Waals surface area contributed by atoms with E-state index in [0.29, 0.717) is 11.3 Å². The topological polar surface area (TPSA) is 55.2 Å². The number of carbonyl (C=O) groups excluding carboxylic acids is 2. The second kappa shape index (κ2) is 5.06. The van der Waals surface area contributed by atoms with Crippen LogP contribution in [0.4, 0.5) is 0 Å². The molecular formula is C14H15N3O2. The summed E-state index contributed by atoms with van der Waals surface area (Å²) in [5, 5.41) is 4.24. The summed E-state index contributed by atoms with van der Waals surface area (Å²) < 4.78 is 1.62. The van der Waals surface area contributed by atoms with Crippen LogP contribution in [0, 0.1) is 6.92 Å². The highest BCUT2D eigenvalue weighted by Crippen LogP contribution is 2.13. The van der Waals surface area contributed by atoms with Crippen LogP contribution < -0.4 is 0 Å². The van der Waals surface area contributed by atoms with Gasteiger partial charge in [-0.25, -0.2) is 4.68 Å².